The van der Waals surface area contributed by atoms with Gasteiger partial charge in [0, 0.05) is 17.3 Å². The number of nitrogens with one attached hydrogen (secondary N) is 1. The first-order chi connectivity index (χ1) is 13.0. The summed E-state index contributed by atoms with van der Waals surface area (Å²) < 4.78 is 1.85. The van der Waals surface area contributed by atoms with Crippen LogP contribution in [-0.4, -0.2) is 27.2 Å². The average Bonchev–Trinajstić information content (AvgIpc) is 3.09. The van der Waals surface area contributed by atoms with Crippen molar-refractivity contribution in [1.82, 2.24) is 20.1 Å². The molecular formula is C22H24N4O. The lowest BCUT2D eigenvalue weighted by Crippen LogP contribution is -2.24. The molecule has 5 heteroatoms. The average molecular weight is 360 g/mol. The molecule has 0 spiro atoms. The highest BCUT2D eigenvalue weighted by Gasteiger charge is 2.18. The zero-order valence-corrected chi connectivity index (χ0v) is 16.2. The van der Waals surface area contributed by atoms with Crippen LogP contribution in [0.5, 0.6) is 0 Å². The summed E-state index contributed by atoms with van der Waals surface area (Å²) in [6, 6.07) is 11.7. The molecule has 0 saturated heterocycles. The lowest BCUT2D eigenvalue weighted by Gasteiger charge is -2.11. The second kappa shape index (κ2) is 8.05. The van der Waals surface area contributed by atoms with Gasteiger partial charge in [-0.2, -0.15) is 5.10 Å². The number of fused-ring (bicyclic) bond motifs is 1. The Morgan fingerprint density at radius 2 is 1.93 bits per heavy atom. The van der Waals surface area contributed by atoms with Gasteiger partial charge in [0.1, 0.15) is 0 Å². The predicted octanol–water partition coefficient (Wildman–Crippen LogP) is 3.92. The fourth-order valence-corrected chi connectivity index (χ4v) is 2.79. The van der Waals surface area contributed by atoms with Crippen LogP contribution in [0.3, 0.4) is 0 Å². The van der Waals surface area contributed by atoms with Crippen LogP contribution >= 0.6 is 0 Å². The van der Waals surface area contributed by atoms with E-state index in [9.17, 15) is 4.79 Å². The molecule has 0 atom stereocenters. The second-order valence-corrected chi connectivity index (χ2v) is 7.02. The van der Waals surface area contributed by atoms with Crippen LogP contribution in [0, 0.1) is 11.8 Å². The third kappa shape index (κ3) is 4.17. The molecule has 27 heavy (non-hydrogen) atoms. The largest absolute Gasteiger partial charge is 0.341 e. The summed E-state index contributed by atoms with van der Waals surface area (Å²) >= 11 is 0. The van der Waals surface area contributed by atoms with Gasteiger partial charge in [0.25, 0.3) is 5.91 Å². The lowest BCUT2D eigenvalue weighted by atomic mass is 10.0. The molecule has 138 valence electrons. The van der Waals surface area contributed by atoms with E-state index in [4.69, 9.17) is 4.98 Å². The van der Waals surface area contributed by atoms with Crippen molar-refractivity contribution in [2.45, 2.75) is 39.7 Å². The molecule has 0 aliphatic carbocycles. The Morgan fingerprint density at radius 3 is 2.59 bits per heavy atom. The van der Waals surface area contributed by atoms with Crippen molar-refractivity contribution in [3.63, 3.8) is 0 Å². The van der Waals surface area contributed by atoms with Gasteiger partial charge in [-0.1, -0.05) is 43.9 Å². The minimum absolute atomic E-state index is 0.157. The van der Waals surface area contributed by atoms with Crippen LogP contribution < -0.4 is 5.32 Å². The molecule has 0 fully saturated rings. The molecule has 0 radical (unpaired) electrons. The van der Waals surface area contributed by atoms with E-state index in [1.807, 2.05) is 41.1 Å². The second-order valence-electron chi connectivity index (χ2n) is 7.02. The Morgan fingerprint density at radius 1 is 1.19 bits per heavy atom. The molecule has 1 N–H and O–H groups in total. The summed E-state index contributed by atoms with van der Waals surface area (Å²) in [5, 5.41) is 8.07. The summed E-state index contributed by atoms with van der Waals surface area (Å²) in [6.07, 6.45) is 1.72. The molecule has 0 unspecified atom stereocenters. The van der Waals surface area contributed by atoms with E-state index < -0.39 is 0 Å². The molecular weight excluding hydrogens is 336 g/mol. The molecule has 0 aliphatic heterocycles. The number of pyridine rings is 1. The fourth-order valence-electron chi connectivity index (χ4n) is 2.79. The van der Waals surface area contributed by atoms with Crippen LogP contribution in [0.25, 0.3) is 11.0 Å². The Bertz CT molecular complexity index is 1010. The van der Waals surface area contributed by atoms with Gasteiger partial charge in [0.2, 0.25) is 0 Å². The first-order valence-corrected chi connectivity index (χ1v) is 9.17. The third-order valence-electron chi connectivity index (χ3n) is 4.26. The quantitative estimate of drug-likeness (QED) is 0.718. The normalized spacial score (nSPS) is 10.9. The maximum atomic E-state index is 12.8. The summed E-state index contributed by atoms with van der Waals surface area (Å²) in [6.45, 7) is 8.52. The molecule has 1 amide bonds. The molecule has 3 rings (SSSR count). The standard InChI is InChI=1S/C22H24N4O/c1-15(2)20-13-18(19-14-24-26(16(3)4)21(19)25-20)22(27)23-12-8-11-17-9-6-5-7-10-17/h5-7,9-10,13-16H,12H2,1-4H3,(H,23,27). The van der Waals surface area contributed by atoms with E-state index in [0.29, 0.717) is 5.56 Å². The van der Waals surface area contributed by atoms with Gasteiger partial charge in [-0.25, -0.2) is 9.67 Å². The molecule has 2 heterocycles. The van der Waals surface area contributed by atoms with Crippen molar-refractivity contribution in [2.75, 3.05) is 6.54 Å². The van der Waals surface area contributed by atoms with Crippen molar-refractivity contribution >= 4 is 16.9 Å². The number of rotatable bonds is 4. The van der Waals surface area contributed by atoms with Gasteiger partial charge in [-0.3, -0.25) is 4.79 Å². The number of aromatic nitrogens is 3. The van der Waals surface area contributed by atoms with E-state index in [2.05, 4.69) is 50.0 Å². The highest BCUT2D eigenvalue weighted by atomic mass is 16.1. The topological polar surface area (TPSA) is 59.8 Å². The minimum Gasteiger partial charge on any atom is -0.341 e. The Labute approximate surface area is 159 Å². The van der Waals surface area contributed by atoms with Crippen LogP contribution in [0.1, 0.15) is 61.3 Å². The number of amides is 1. The molecule has 0 saturated carbocycles. The highest BCUT2D eigenvalue weighted by molar-refractivity contribution is 6.05. The Hall–Kier alpha value is -3.13. The number of hydrogen-bond acceptors (Lipinski definition) is 3. The van der Waals surface area contributed by atoms with Crippen molar-refractivity contribution in [3.8, 4) is 11.8 Å². The van der Waals surface area contributed by atoms with Gasteiger partial charge < -0.3 is 5.32 Å². The van der Waals surface area contributed by atoms with Crippen LogP contribution in [0.4, 0.5) is 0 Å². The van der Waals surface area contributed by atoms with Gasteiger partial charge in [0.15, 0.2) is 5.65 Å². The van der Waals surface area contributed by atoms with Gasteiger partial charge in [0.05, 0.1) is 23.7 Å². The summed E-state index contributed by atoms with van der Waals surface area (Å²) in [5.74, 6) is 6.10. The van der Waals surface area contributed by atoms with Crippen molar-refractivity contribution in [2.24, 2.45) is 0 Å². The number of benzene rings is 1. The maximum absolute atomic E-state index is 12.8. The van der Waals surface area contributed by atoms with Gasteiger partial charge >= 0.3 is 0 Å². The first kappa shape index (κ1) is 18.7. The number of hydrogen-bond donors (Lipinski definition) is 1. The van der Waals surface area contributed by atoms with E-state index in [1.54, 1.807) is 6.20 Å². The number of carbonyl (C=O) groups is 1. The van der Waals surface area contributed by atoms with Crippen molar-refractivity contribution in [1.29, 1.82) is 0 Å². The third-order valence-corrected chi connectivity index (χ3v) is 4.26. The van der Waals surface area contributed by atoms with Crippen LogP contribution in [0.15, 0.2) is 42.6 Å². The highest BCUT2D eigenvalue weighted by Crippen LogP contribution is 2.24. The van der Waals surface area contributed by atoms with Crippen LogP contribution in [0.2, 0.25) is 0 Å². The molecule has 2 aromatic heterocycles. The predicted molar refractivity (Wildman–Crippen MR) is 108 cm³/mol. The van der Waals surface area contributed by atoms with Crippen molar-refractivity contribution < 1.29 is 4.79 Å². The summed E-state index contributed by atoms with van der Waals surface area (Å²) in [7, 11) is 0. The molecule has 0 bridgehead atoms. The van der Waals surface area contributed by atoms with Crippen LogP contribution in [-0.2, 0) is 0 Å². The number of nitrogens with zero attached hydrogens (tertiary/aromatic N) is 3. The fraction of sp³-hybridized carbons (Fsp3) is 0.318. The smallest absolute Gasteiger partial charge is 0.252 e. The molecule has 1 aromatic carbocycles. The van der Waals surface area contributed by atoms with Gasteiger partial charge in [-0.15, -0.1) is 0 Å². The van der Waals surface area contributed by atoms with E-state index in [-0.39, 0.29) is 24.4 Å². The van der Waals surface area contributed by atoms with E-state index in [1.165, 1.54) is 0 Å². The monoisotopic (exact) mass is 360 g/mol. The molecule has 5 nitrogen and oxygen atoms in total. The Kier molecular flexibility index (Phi) is 5.56. The summed E-state index contributed by atoms with van der Waals surface area (Å²) in [4.78, 5) is 17.5. The SMILES string of the molecule is CC(C)c1cc(C(=O)NCC#Cc2ccccc2)c2cnn(C(C)C)c2n1. The van der Waals surface area contributed by atoms with E-state index >= 15 is 0 Å². The zero-order valence-electron chi connectivity index (χ0n) is 16.2. The minimum atomic E-state index is -0.157. The van der Waals surface area contributed by atoms with E-state index in [0.717, 1.165) is 22.3 Å². The van der Waals surface area contributed by atoms with Gasteiger partial charge in [-0.05, 0) is 38.0 Å². The Balaban J connectivity index is 1.86. The maximum Gasteiger partial charge on any atom is 0.252 e. The summed E-state index contributed by atoms with van der Waals surface area (Å²) in [5.41, 5.74) is 3.15. The molecule has 0 aliphatic rings. The zero-order chi connectivity index (χ0) is 19.4. The molecule has 3 aromatic rings. The van der Waals surface area contributed by atoms with Crippen molar-refractivity contribution in [3.05, 3.63) is 59.4 Å². The lowest BCUT2D eigenvalue weighted by molar-refractivity contribution is 0.0960. The first-order valence-electron chi connectivity index (χ1n) is 9.17. The number of carbonyl (C=O) groups excluding carboxylic acids is 1.